The van der Waals surface area contributed by atoms with Crippen molar-refractivity contribution in [1.82, 2.24) is 0 Å². The average molecular weight is 238 g/mol. The first-order valence-electron chi connectivity index (χ1n) is 3.71. The number of hydrogen-bond donors (Lipinski definition) is 0. The van der Waals surface area contributed by atoms with Gasteiger partial charge in [0.1, 0.15) is 18.4 Å². The van der Waals surface area contributed by atoms with Crippen LogP contribution in [-0.2, 0) is 0 Å². The van der Waals surface area contributed by atoms with Crippen LogP contribution in [0.3, 0.4) is 0 Å². The van der Waals surface area contributed by atoms with E-state index in [2.05, 4.69) is 28.6 Å². The van der Waals surface area contributed by atoms with E-state index in [0.717, 1.165) is 10.2 Å². The lowest BCUT2D eigenvalue weighted by atomic mass is 10.2. The summed E-state index contributed by atoms with van der Waals surface area (Å²) in [6, 6.07) is 7.29. The minimum Gasteiger partial charge on any atom is -0.490 e. The number of nitrogens with zero attached hydrogens (tertiary/aromatic N) is 1. The molecule has 3 heteroatoms. The van der Waals surface area contributed by atoms with E-state index in [0.29, 0.717) is 12.2 Å². The zero-order valence-electron chi connectivity index (χ0n) is 6.96. The van der Waals surface area contributed by atoms with E-state index in [9.17, 15) is 0 Å². The summed E-state index contributed by atoms with van der Waals surface area (Å²) in [7, 11) is 0. The first-order valence-corrected chi connectivity index (χ1v) is 4.50. The topological polar surface area (TPSA) is 33.0 Å². The van der Waals surface area contributed by atoms with Gasteiger partial charge in [-0.15, -0.1) is 0 Å². The molecule has 1 rings (SSSR count). The minimum atomic E-state index is 0.471. The Morgan fingerprint density at radius 2 is 2.38 bits per heavy atom. The lowest BCUT2D eigenvalue weighted by Crippen LogP contribution is -1.92. The molecule has 0 N–H and O–H groups in total. The van der Waals surface area contributed by atoms with Crippen molar-refractivity contribution in [2.24, 2.45) is 0 Å². The lowest BCUT2D eigenvalue weighted by Gasteiger charge is -2.03. The van der Waals surface area contributed by atoms with E-state index in [-0.39, 0.29) is 0 Å². The Morgan fingerprint density at radius 1 is 1.62 bits per heavy atom. The molecular formula is C10H8BrNO. The molecule has 0 bridgehead atoms. The fourth-order valence-corrected chi connectivity index (χ4v) is 1.28. The Labute approximate surface area is 85.6 Å². The van der Waals surface area contributed by atoms with Gasteiger partial charge in [0.25, 0.3) is 0 Å². The Balaban J connectivity index is 2.84. The highest BCUT2D eigenvalue weighted by molar-refractivity contribution is 9.10. The highest BCUT2D eigenvalue weighted by atomic mass is 79.9. The van der Waals surface area contributed by atoms with Crippen molar-refractivity contribution in [1.29, 1.82) is 5.26 Å². The largest absolute Gasteiger partial charge is 0.490 e. The third-order valence-corrected chi connectivity index (χ3v) is 2.08. The van der Waals surface area contributed by atoms with E-state index < -0.39 is 0 Å². The van der Waals surface area contributed by atoms with E-state index >= 15 is 0 Å². The van der Waals surface area contributed by atoms with Crippen molar-refractivity contribution in [2.75, 3.05) is 6.61 Å². The van der Waals surface area contributed by atoms with Gasteiger partial charge in [-0.3, -0.25) is 0 Å². The summed E-state index contributed by atoms with van der Waals surface area (Å²) >= 11 is 3.27. The van der Waals surface area contributed by atoms with Gasteiger partial charge >= 0.3 is 0 Å². The van der Waals surface area contributed by atoms with Crippen LogP contribution < -0.4 is 4.74 Å². The molecule has 0 amide bonds. The summed E-state index contributed by atoms with van der Waals surface area (Å²) in [6.07, 6.45) is 1.67. The molecule has 0 unspecified atom stereocenters. The van der Waals surface area contributed by atoms with Crippen LogP contribution in [0.4, 0.5) is 0 Å². The van der Waals surface area contributed by atoms with Crippen LogP contribution in [0, 0.1) is 11.3 Å². The van der Waals surface area contributed by atoms with Crippen molar-refractivity contribution >= 4 is 15.9 Å². The fourth-order valence-electron chi connectivity index (χ4n) is 0.831. The van der Waals surface area contributed by atoms with Gasteiger partial charge < -0.3 is 4.74 Å². The first kappa shape index (κ1) is 9.82. The molecule has 0 radical (unpaired) electrons. The van der Waals surface area contributed by atoms with Gasteiger partial charge in [-0.25, -0.2) is 0 Å². The number of rotatable bonds is 3. The molecule has 0 aliphatic rings. The van der Waals surface area contributed by atoms with Gasteiger partial charge in [-0.05, 0) is 34.1 Å². The van der Waals surface area contributed by atoms with E-state index in [4.69, 9.17) is 10.00 Å². The van der Waals surface area contributed by atoms with Crippen molar-refractivity contribution < 1.29 is 4.74 Å². The summed E-state index contributed by atoms with van der Waals surface area (Å²) in [4.78, 5) is 0. The van der Waals surface area contributed by atoms with Gasteiger partial charge in [-0.1, -0.05) is 12.7 Å². The molecule has 0 aromatic heterocycles. The fraction of sp³-hybridized carbons (Fsp3) is 0.100. The van der Waals surface area contributed by atoms with Crippen LogP contribution in [0.2, 0.25) is 0 Å². The summed E-state index contributed by atoms with van der Waals surface area (Å²) in [5.41, 5.74) is 0.603. The number of halogens is 1. The second-order valence-electron chi connectivity index (χ2n) is 2.35. The second kappa shape index (κ2) is 4.68. The Morgan fingerprint density at radius 3 is 2.92 bits per heavy atom. The van der Waals surface area contributed by atoms with Crippen LogP contribution in [0.25, 0.3) is 0 Å². The highest BCUT2D eigenvalue weighted by Crippen LogP contribution is 2.22. The van der Waals surface area contributed by atoms with Crippen LogP contribution in [-0.4, -0.2) is 6.61 Å². The summed E-state index contributed by atoms with van der Waals surface area (Å²) in [6.45, 7) is 4.01. The van der Waals surface area contributed by atoms with Gasteiger partial charge in [-0.2, -0.15) is 5.26 Å². The molecule has 0 aliphatic heterocycles. The van der Waals surface area contributed by atoms with Crippen LogP contribution in [0.15, 0.2) is 35.3 Å². The normalized spacial score (nSPS) is 8.92. The molecule has 0 heterocycles. The third-order valence-electron chi connectivity index (χ3n) is 1.43. The molecule has 2 nitrogen and oxygen atoms in total. The van der Waals surface area contributed by atoms with Crippen molar-refractivity contribution in [3.8, 4) is 11.8 Å². The van der Waals surface area contributed by atoms with E-state index in [1.165, 1.54) is 0 Å². The first-order chi connectivity index (χ1) is 6.27. The van der Waals surface area contributed by atoms with Crippen molar-refractivity contribution in [3.63, 3.8) is 0 Å². The number of benzene rings is 1. The minimum absolute atomic E-state index is 0.471. The Kier molecular flexibility index (Phi) is 3.53. The van der Waals surface area contributed by atoms with Gasteiger partial charge in [0.15, 0.2) is 0 Å². The Hall–Kier alpha value is -1.27. The maximum atomic E-state index is 8.65. The number of ether oxygens (including phenoxy) is 1. The second-order valence-corrected chi connectivity index (χ2v) is 3.21. The van der Waals surface area contributed by atoms with E-state index in [1.54, 1.807) is 24.3 Å². The summed E-state index contributed by atoms with van der Waals surface area (Å²) < 4.78 is 6.02. The van der Waals surface area contributed by atoms with Crippen molar-refractivity contribution in [3.05, 3.63) is 40.9 Å². The molecule has 0 saturated carbocycles. The van der Waals surface area contributed by atoms with Gasteiger partial charge in [0.2, 0.25) is 0 Å². The highest BCUT2D eigenvalue weighted by Gasteiger charge is 1.99. The zero-order chi connectivity index (χ0) is 9.68. The average Bonchev–Trinajstić information content (AvgIpc) is 2.15. The zero-order valence-corrected chi connectivity index (χ0v) is 8.54. The van der Waals surface area contributed by atoms with Crippen LogP contribution in [0.5, 0.6) is 5.75 Å². The molecule has 66 valence electrons. The molecule has 13 heavy (non-hydrogen) atoms. The molecular weight excluding hydrogens is 230 g/mol. The molecule has 0 spiro atoms. The third kappa shape index (κ3) is 2.60. The maximum Gasteiger partial charge on any atom is 0.120 e. The molecule has 1 aromatic carbocycles. The van der Waals surface area contributed by atoms with E-state index in [1.807, 2.05) is 0 Å². The van der Waals surface area contributed by atoms with Crippen LogP contribution >= 0.6 is 15.9 Å². The standard InChI is InChI=1S/C10H8BrNO/c1-2-5-13-9-4-3-8(7-12)10(11)6-9/h2-4,6H,1,5H2. The monoisotopic (exact) mass is 237 g/mol. The van der Waals surface area contributed by atoms with Crippen LogP contribution in [0.1, 0.15) is 5.56 Å². The molecule has 1 aromatic rings. The van der Waals surface area contributed by atoms with Gasteiger partial charge in [0.05, 0.1) is 5.56 Å². The smallest absolute Gasteiger partial charge is 0.120 e. The predicted octanol–water partition coefficient (Wildman–Crippen LogP) is 2.89. The quantitative estimate of drug-likeness (QED) is 0.758. The van der Waals surface area contributed by atoms with Gasteiger partial charge in [0, 0.05) is 4.47 Å². The maximum absolute atomic E-state index is 8.65. The SMILES string of the molecule is C=CCOc1ccc(C#N)c(Br)c1. The molecule has 0 fully saturated rings. The summed E-state index contributed by atoms with van der Waals surface area (Å²) in [5.74, 6) is 0.728. The van der Waals surface area contributed by atoms with Crippen molar-refractivity contribution in [2.45, 2.75) is 0 Å². The number of nitriles is 1. The summed E-state index contributed by atoms with van der Waals surface area (Å²) in [5, 5.41) is 8.65. The molecule has 0 saturated heterocycles. The number of hydrogen-bond acceptors (Lipinski definition) is 2. The lowest BCUT2D eigenvalue weighted by molar-refractivity contribution is 0.363. The molecule has 0 atom stereocenters. The Bertz CT molecular complexity index is 354. The molecule has 0 aliphatic carbocycles. The predicted molar refractivity (Wildman–Crippen MR) is 54.5 cm³/mol.